The molecule has 1 fully saturated rings. The summed E-state index contributed by atoms with van der Waals surface area (Å²) >= 11 is 0. The highest BCUT2D eigenvalue weighted by molar-refractivity contribution is 5.95. The Morgan fingerprint density at radius 1 is 1.33 bits per heavy atom. The van der Waals surface area contributed by atoms with E-state index >= 15 is 0 Å². The van der Waals surface area contributed by atoms with Crippen LogP contribution in [0, 0.1) is 0 Å². The van der Waals surface area contributed by atoms with Gasteiger partial charge < -0.3 is 5.32 Å². The van der Waals surface area contributed by atoms with E-state index in [2.05, 4.69) is 15.3 Å². The molecule has 0 aliphatic carbocycles. The first kappa shape index (κ1) is 18.8. The SMILES string of the molecule is CC[C@H](CNC(=O)c1cnn(C(C)C)c1C(F)(F)F)N1CCCC1. The van der Waals surface area contributed by atoms with Crippen molar-refractivity contribution in [3.05, 3.63) is 17.5 Å². The van der Waals surface area contributed by atoms with E-state index in [0.717, 1.165) is 43.2 Å². The maximum atomic E-state index is 13.3. The summed E-state index contributed by atoms with van der Waals surface area (Å²) in [5.74, 6) is -0.716. The molecule has 1 atom stereocenters. The zero-order valence-corrected chi connectivity index (χ0v) is 14.4. The Bertz CT molecular complexity index is 562. The summed E-state index contributed by atoms with van der Waals surface area (Å²) in [6.45, 7) is 7.53. The number of halogens is 3. The first-order valence-electron chi connectivity index (χ1n) is 8.42. The fourth-order valence-electron chi connectivity index (χ4n) is 3.15. The van der Waals surface area contributed by atoms with Gasteiger partial charge in [0.05, 0.1) is 11.8 Å². The van der Waals surface area contributed by atoms with Crippen molar-refractivity contribution in [3.63, 3.8) is 0 Å². The molecule has 0 spiro atoms. The molecule has 0 radical (unpaired) electrons. The highest BCUT2D eigenvalue weighted by atomic mass is 19.4. The highest BCUT2D eigenvalue weighted by Crippen LogP contribution is 2.33. The van der Waals surface area contributed by atoms with Gasteiger partial charge in [-0.2, -0.15) is 18.3 Å². The van der Waals surface area contributed by atoms with Crippen LogP contribution >= 0.6 is 0 Å². The second kappa shape index (κ2) is 7.55. The van der Waals surface area contributed by atoms with Crippen LogP contribution in [0.25, 0.3) is 0 Å². The van der Waals surface area contributed by atoms with Gasteiger partial charge in [-0.3, -0.25) is 14.4 Å². The molecule has 1 saturated heterocycles. The van der Waals surface area contributed by atoms with E-state index in [1.54, 1.807) is 13.8 Å². The summed E-state index contributed by atoms with van der Waals surface area (Å²) in [7, 11) is 0. The van der Waals surface area contributed by atoms with Crippen LogP contribution in [-0.2, 0) is 6.18 Å². The van der Waals surface area contributed by atoms with Crippen molar-refractivity contribution in [2.24, 2.45) is 0 Å². The predicted octanol–water partition coefficient (Wildman–Crippen LogP) is 3.09. The quantitative estimate of drug-likeness (QED) is 0.861. The number of likely N-dealkylation sites (tertiary alicyclic amines) is 1. The maximum absolute atomic E-state index is 13.3. The third kappa shape index (κ3) is 4.09. The van der Waals surface area contributed by atoms with Gasteiger partial charge in [-0.05, 0) is 46.2 Å². The van der Waals surface area contributed by atoms with Crippen molar-refractivity contribution < 1.29 is 18.0 Å². The largest absolute Gasteiger partial charge is 0.433 e. The van der Waals surface area contributed by atoms with Gasteiger partial charge in [0.15, 0.2) is 5.69 Å². The zero-order chi connectivity index (χ0) is 17.9. The first-order valence-corrected chi connectivity index (χ1v) is 8.42. The predicted molar refractivity (Wildman–Crippen MR) is 84.8 cm³/mol. The molecule has 1 aliphatic heterocycles. The van der Waals surface area contributed by atoms with Gasteiger partial charge in [-0.1, -0.05) is 6.92 Å². The summed E-state index contributed by atoms with van der Waals surface area (Å²) in [5, 5.41) is 6.41. The molecule has 5 nitrogen and oxygen atoms in total. The topological polar surface area (TPSA) is 50.2 Å². The highest BCUT2D eigenvalue weighted by Gasteiger charge is 2.40. The molecule has 1 aromatic heterocycles. The molecule has 2 heterocycles. The van der Waals surface area contributed by atoms with Gasteiger partial charge in [-0.25, -0.2) is 0 Å². The molecule has 136 valence electrons. The molecule has 2 rings (SSSR count). The molecule has 0 aromatic carbocycles. The van der Waals surface area contributed by atoms with Gasteiger partial charge in [0, 0.05) is 18.6 Å². The van der Waals surface area contributed by atoms with Crippen LogP contribution < -0.4 is 5.32 Å². The van der Waals surface area contributed by atoms with Gasteiger partial charge >= 0.3 is 6.18 Å². The first-order chi connectivity index (χ1) is 11.3. The zero-order valence-electron chi connectivity index (χ0n) is 14.4. The second-order valence-electron chi connectivity index (χ2n) is 6.46. The number of alkyl halides is 3. The number of nitrogens with one attached hydrogen (secondary N) is 1. The third-order valence-corrected chi connectivity index (χ3v) is 4.42. The van der Waals surface area contributed by atoms with Gasteiger partial charge in [0.1, 0.15) is 0 Å². The van der Waals surface area contributed by atoms with Crippen molar-refractivity contribution in [3.8, 4) is 0 Å². The summed E-state index contributed by atoms with van der Waals surface area (Å²) in [4.78, 5) is 14.6. The Morgan fingerprint density at radius 3 is 2.46 bits per heavy atom. The molecule has 1 aliphatic rings. The molecule has 24 heavy (non-hydrogen) atoms. The van der Waals surface area contributed by atoms with Crippen LogP contribution in [-0.4, -0.2) is 46.3 Å². The minimum absolute atomic E-state index is 0.158. The Balaban J connectivity index is 2.12. The van der Waals surface area contributed by atoms with Crippen LogP contribution in [0.1, 0.15) is 62.1 Å². The number of carbonyl (C=O) groups excluding carboxylic acids is 1. The fourth-order valence-corrected chi connectivity index (χ4v) is 3.15. The standard InChI is InChI=1S/C16H25F3N4O/c1-4-12(22-7-5-6-8-22)9-20-15(24)13-10-21-23(11(2)3)14(13)16(17,18)19/h10-12H,4-9H2,1-3H3,(H,20,24)/t12-/m1/s1. The minimum atomic E-state index is -4.62. The van der Waals surface area contributed by atoms with Crippen molar-refractivity contribution in [1.82, 2.24) is 20.0 Å². The smallest absolute Gasteiger partial charge is 0.350 e. The van der Waals surface area contributed by atoms with Crippen LogP contribution in [0.2, 0.25) is 0 Å². The lowest BCUT2D eigenvalue weighted by Crippen LogP contribution is -2.42. The Labute approximate surface area is 140 Å². The van der Waals surface area contributed by atoms with Crippen LogP contribution in [0.5, 0.6) is 0 Å². The lowest BCUT2D eigenvalue weighted by molar-refractivity contribution is -0.145. The number of nitrogens with zero attached hydrogens (tertiary/aromatic N) is 3. The molecule has 0 saturated carbocycles. The van der Waals surface area contributed by atoms with Gasteiger partial charge in [-0.15, -0.1) is 0 Å². The van der Waals surface area contributed by atoms with Crippen molar-refractivity contribution in [2.75, 3.05) is 19.6 Å². The Kier molecular flexibility index (Phi) is 5.90. The van der Waals surface area contributed by atoms with E-state index in [-0.39, 0.29) is 6.04 Å². The number of hydrogen-bond donors (Lipinski definition) is 1. The summed E-state index contributed by atoms with van der Waals surface area (Å²) in [6, 6.07) is -0.318. The number of aromatic nitrogens is 2. The average molecular weight is 346 g/mol. The lowest BCUT2D eigenvalue weighted by Gasteiger charge is -2.26. The van der Waals surface area contributed by atoms with E-state index in [1.807, 2.05) is 6.92 Å². The molecular weight excluding hydrogens is 321 g/mol. The maximum Gasteiger partial charge on any atom is 0.433 e. The Hall–Kier alpha value is -1.57. The second-order valence-corrected chi connectivity index (χ2v) is 6.46. The molecule has 1 amide bonds. The average Bonchev–Trinajstić information content (AvgIpc) is 3.16. The Morgan fingerprint density at radius 2 is 1.96 bits per heavy atom. The molecule has 0 unspecified atom stereocenters. The van der Waals surface area contributed by atoms with Gasteiger partial charge in [0.2, 0.25) is 0 Å². The monoisotopic (exact) mass is 346 g/mol. The lowest BCUT2D eigenvalue weighted by atomic mass is 10.1. The molecular formula is C16H25F3N4O. The number of rotatable bonds is 6. The normalized spacial score (nSPS) is 17.5. The third-order valence-electron chi connectivity index (χ3n) is 4.42. The van der Waals surface area contributed by atoms with Crippen LogP contribution in [0.15, 0.2) is 6.20 Å². The summed E-state index contributed by atoms with van der Waals surface area (Å²) in [5.41, 5.74) is -1.39. The van der Waals surface area contributed by atoms with Crippen LogP contribution in [0.3, 0.4) is 0 Å². The number of amides is 1. The van der Waals surface area contributed by atoms with Gasteiger partial charge in [0.25, 0.3) is 5.91 Å². The number of carbonyl (C=O) groups is 1. The van der Waals surface area contributed by atoms with E-state index in [1.165, 1.54) is 0 Å². The van der Waals surface area contributed by atoms with E-state index < -0.39 is 29.4 Å². The van der Waals surface area contributed by atoms with Crippen molar-refractivity contribution in [2.45, 2.75) is 58.3 Å². The van der Waals surface area contributed by atoms with E-state index in [4.69, 9.17) is 0 Å². The van der Waals surface area contributed by atoms with E-state index in [9.17, 15) is 18.0 Å². The molecule has 8 heteroatoms. The molecule has 1 aromatic rings. The minimum Gasteiger partial charge on any atom is -0.350 e. The summed E-state index contributed by atoms with van der Waals surface area (Å²) < 4.78 is 40.8. The van der Waals surface area contributed by atoms with E-state index in [0.29, 0.717) is 6.54 Å². The van der Waals surface area contributed by atoms with Crippen molar-refractivity contribution >= 4 is 5.91 Å². The van der Waals surface area contributed by atoms with Crippen LogP contribution in [0.4, 0.5) is 13.2 Å². The fraction of sp³-hybridized carbons (Fsp3) is 0.750. The van der Waals surface area contributed by atoms with Crippen molar-refractivity contribution in [1.29, 1.82) is 0 Å². The molecule has 0 bridgehead atoms. The summed E-state index contributed by atoms with van der Waals surface area (Å²) in [6.07, 6.45) is -0.507. The molecule has 1 N–H and O–H groups in total. The number of hydrogen-bond acceptors (Lipinski definition) is 3.